The third-order valence-corrected chi connectivity index (χ3v) is 3.22. The topological polar surface area (TPSA) is 41.6 Å². The van der Waals surface area contributed by atoms with Crippen molar-refractivity contribution in [1.82, 2.24) is 10.2 Å². The molecule has 104 valence electrons. The molecule has 2 rings (SSSR count). The molecule has 0 bridgehead atoms. The molecule has 1 aromatic carbocycles. The SMILES string of the molecule is Cc1cccc(C2NCC(=O)N2CCOC(C)C)c1. The van der Waals surface area contributed by atoms with Gasteiger partial charge in [-0.05, 0) is 26.3 Å². The van der Waals surface area contributed by atoms with Crippen LogP contribution in [-0.2, 0) is 9.53 Å². The Hall–Kier alpha value is -1.39. The second-order valence-electron chi connectivity index (χ2n) is 5.20. The minimum Gasteiger partial charge on any atom is -0.377 e. The predicted octanol–water partition coefficient (Wildman–Crippen LogP) is 1.85. The van der Waals surface area contributed by atoms with Gasteiger partial charge in [0.2, 0.25) is 5.91 Å². The van der Waals surface area contributed by atoms with Crippen LogP contribution in [0.15, 0.2) is 24.3 Å². The van der Waals surface area contributed by atoms with Crippen molar-refractivity contribution in [2.24, 2.45) is 0 Å². The number of rotatable bonds is 5. The van der Waals surface area contributed by atoms with Gasteiger partial charge in [0.05, 0.1) is 19.3 Å². The van der Waals surface area contributed by atoms with E-state index in [9.17, 15) is 4.79 Å². The number of aryl methyl sites for hydroxylation is 1. The van der Waals surface area contributed by atoms with E-state index in [-0.39, 0.29) is 18.2 Å². The van der Waals surface area contributed by atoms with Crippen LogP contribution in [0.1, 0.15) is 31.1 Å². The molecule has 1 unspecified atom stereocenters. The van der Waals surface area contributed by atoms with E-state index in [4.69, 9.17) is 4.74 Å². The number of nitrogens with one attached hydrogen (secondary N) is 1. The summed E-state index contributed by atoms with van der Waals surface area (Å²) in [5, 5.41) is 3.26. The van der Waals surface area contributed by atoms with Crippen LogP contribution in [0.25, 0.3) is 0 Å². The maximum Gasteiger partial charge on any atom is 0.238 e. The largest absolute Gasteiger partial charge is 0.377 e. The Balaban J connectivity index is 2.04. The molecule has 4 nitrogen and oxygen atoms in total. The van der Waals surface area contributed by atoms with E-state index in [1.54, 1.807) is 0 Å². The Labute approximate surface area is 114 Å². The van der Waals surface area contributed by atoms with Crippen LogP contribution in [0.5, 0.6) is 0 Å². The maximum absolute atomic E-state index is 11.9. The molecule has 0 aliphatic carbocycles. The number of nitrogens with zero attached hydrogens (tertiary/aromatic N) is 1. The quantitative estimate of drug-likeness (QED) is 0.880. The van der Waals surface area contributed by atoms with Gasteiger partial charge < -0.3 is 9.64 Å². The van der Waals surface area contributed by atoms with E-state index in [0.29, 0.717) is 19.7 Å². The predicted molar refractivity (Wildman–Crippen MR) is 74.7 cm³/mol. The van der Waals surface area contributed by atoms with Crippen molar-refractivity contribution >= 4 is 5.91 Å². The summed E-state index contributed by atoms with van der Waals surface area (Å²) in [4.78, 5) is 13.8. The summed E-state index contributed by atoms with van der Waals surface area (Å²) in [6.45, 7) is 7.67. The van der Waals surface area contributed by atoms with Crippen molar-refractivity contribution in [3.05, 3.63) is 35.4 Å². The summed E-state index contributed by atoms with van der Waals surface area (Å²) >= 11 is 0. The Morgan fingerprint density at radius 2 is 2.26 bits per heavy atom. The molecule has 1 aliphatic rings. The first-order valence-corrected chi connectivity index (χ1v) is 6.79. The molecule has 19 heavy (non-hydrogen) atoms. The number of hydrogen-bond donors (Lipinski definition) is 1. The van der Waals surface area contributed by atoms with Crippen molar-refractivity contribution < 1.29 is 9.53 Å². The molecule has 1 fully saturated rings. The van der Waals surface area contributed by atoms with Gasteiger partial charge in [0, 0.05) is 6.54 Å². The molecule has 1 amide bonds. The Bertz CT molecular complexity index is 446. The molecule has 0 spiro atoms. The molecule has 0 radical (unpaired) electrons. The minimum absolute atomic E-state index is 0.0248. The molecule has 0 aromatic heterocycles. The normalized spacial score (nSPS) is 19.5. The van der Waals surface area contributed by atoms with Crippen LogP contribution >= 0.6 is 0 Å². The first-order chi connectivity index (χ1) is 9.08. The fourth-order valence-electron chi connectivity index (χ4n) is 2.32. The number of amides is 1. The van der Waals surface area contributed by atoms with Gasteiger partial charge in [-0.15, -0.1) is 0 Å². The number of carbonyl (C=O) groups is 1. The van der Waals surface area contributed by atoms with Crippen LogP contribution in [0, 0.1) is 6.92 Å². The lowest BCUT2D eigenvalue weighted by Crippen LogP contribution is -2.33. The smallest absolute Gasteiger partial charge is 0.238 e. The van der Waals surface area contributed by atoms with E-state index in [1.807, 2.05) is 24.8 Å². The van der Waals surface area contributed by atoms with Gasteiger partial charge in [-0.1, -0.05) is 29.8 Å². The van der Waals surface area contributed by atoms with Gasteiger partial charge in [-0.3, -0.25) is 10.1 Å². The van der Waals surface area contributed by atoms with E-state index in [2.05, 4.69) is 30.4 Å². The number of carbonyl (C=O) groups excluding carboxylic acids is 1. The second kappa shape index (κ2) is 6.17. The summed E-state index contributed by atoms with van der Waals surface area (Å²) in [6.07, 6.45) is 0.172. The highest BCUT2D eigenvalue weighted by Crippen LogP contribution is 2.22. The first kappa shape index (κ1) is 14.0. The van der Waals surface area contributed by atoms with E-state index in [1.165, 1.54) is 5.56 Å². The van der Waals surface area contributed by atoms with Crippen LogP contribution in [0.2, 0.25) is 0 Å². The third-order valence-electron chi connectivity index (χ3n) is 3.22. The average Bonchev–Trinajstić information content (AvgIpc) is 2.71. The van der Waals surface area contributed by atoms with Gasteiger partial charge in [0.15, 0.2) is 0 Å². The monoisotopic (exact) mass is 262 g/mol. The standard InChI is InChI=1S/C15H22N2O2/c1-11(2)19-8-7-17-14(18)10-16-15(17)13-6-4-5-12(3)9-13/h4-6,9,11,15-16H,7-8,10H2,1-3H3. The molecule has 0 saturated carbocycles. The van der Waals surface area contributed by atoms with E-state index >= 15 is 0 Å². The number of ether oxygens (including phenoxy) is 1. The Kier molecular flexibility index (Phi) is 4.56. The van der Waals surface area contributed by atoms with E-state index < -0.39 is 0 Å². The molecule has 4 heteroatoms. The highest BCUT2D eigenvalue weighted by Gasteiger charge is 2.31. The lowest BCUT2D eigenvalue weighted by Gasteiger charge is -2.25. The molecule has 1 heterocycles. The molecule has 1 aliphatic heterocycles. The third kappa shape index (κ3) is 3.55. The molecular formula is C15H22N2O2. The Morgan fingerprint density at radius 1 is 1.47 bits per heavy atom. The summed E-state index contributed by atoms with van der Waals surface area (Å²) in [5.74, 6) is 0.138. The Morgan fingerprint density at radius 3 is 2.95 bits per heavy atom. The highest BCUT2D eigenvalue weighted by molar-refractivity contribution is 5.80. The van der Waals surface area contributed by atoms with Crippen LogP contribution in [0.4, 0.5) is 0 Å². The highest BCUT2D eigenvalue weighted by atomic mass is 16.5. The fourth-order valence-corrected chi connectivity index (χ4v) is 2.32. The average molecular weight is 262 g/mol. The van der Waals surface area contributed by atoms with Crippen molar-refractivity contribution in [2.75, 3.05) is 19.7 Å². The maximum atomic E-state index is 11.9. The van der Waals surface area contributed by atoms with Crippen molar-refractivity contribution in [3.63, 3.8) is 0 Å². The summed E-state index contributed by atoms with van der Waals surface area (Å²) < 4.78 is 5.54. The van der Waals surface area contributed by atoms with Crippen molar-refractivity contribution in [2.45, 2.75) is 33.0 Å². The number of hydrogen-bond acceptors (Lipinski definition) is 3. The van der Waals surface area contributed by atoms with E-state index in [0.717, 1.165) is 5.56 Å². The molecule has 1 aromatic rings. The lowest BCUT2D eigenvalue weighted by atomic mass is 10.1. The second-order valence-corrected chi connectivity index (χ2v) is 5.20. The first-order valence-electron chi connectivity index (χ1n) is 6.79. The summed E-state index contributed by atoms with van der Waals surface area (Å²) in [7, 11) is 0. The lowest BCUT2D eigenvalue weighted by molar-refractivity contribution is -0.129. The zero-order chi connectivity index (χ0) is 13.8. The molecular weight excluding hydrogens is 240 g/mol. The van der Waals surface area contributed by atoms with Gasteiger partial charge >= 0.3 is 0 Å². The summed E-state index contributed by atoms with van der Waals surface area (Å²) in [5.41, 5.74) is 2.34. The number of benzene rings is 1. The van der Waals surface area contributed by atoms with Gasteiger partial charge in [-0.25, -0.2) is 0 Å². The van der Waals surface area contributed by atoms with Crippen molar-refractivity contribution in [3.8, 4) is 0 Å². The summed E-state index contributed by atoms with van der Waals surface area (Å²) in [6, 6.07) is 8.26. The van der Waals surface area contributed by atoms with Gasteiger partial charge in [0.1, 0.15) is 6.17 Å². The molecule has 1 atom stereocenters. The zero-order valence-corrected chi connectivity index (χ0v) is 11.8. The zero-order valence-electron chi connectivity index (χ0n) is 11.8. The van der Waals surface area contributed by atoms with Crippen LogP contribution in [0.3, 0.4) is 0 Å². The fraction of sp³-hybridized carbons (Fsp3) is 0.533. The van der Waals surface area contributed by atoms with Crippen LogP contribution in [-0.4, -0.2) is 36.6 Å². The molecule has 1 N–H and O–H groups in total. The minimum atomic E-state index is -0.0248. The molecule has 1 saturated heterocycles. The van der Waals surface area contributed by atoms with Gasteiger partial charge in [-0.2, -0.15) is 0 Å². The van der Waals surface area contributed by atoms with Crippen LogP contribution < -0.4 is 5.32 Å². The van der Waals surface area contributed by atoms with Gasteiger partial charge in [0.25, 0.3) is 0 Å². The van der Waals surface area contributed by atoms with Crippen molar-refractivity contribution in [1.29, 1.82) is 0 Å².